The second-order valence-electron chi connectivity index (χ2n) is 7.34. The number of pyridine rings is 1. The summed E-state index contributed by atoms with van der Waals surface area (Å²) >= 11 is 0. The van der Waals surface area contributed by atoms with E-state index in [1.165, 1.54) is 12.6 Å². The number of benzene rings is 1. The van der Waals surface area contributed by atoms with Gasteiger partial charge in [-0.05, 0) is 62.6 Å². The molecule has 29 heavy (non-hydrogen) atoms. The zero-order valence-corrected chi connectivity index (χ0v) is 16.8. The molecule has 2 heterocycles. The van der Waals surface area contributed by atoms with Crippen molar-refractivity contribution in [1.82, 2.24) is 9.88 Å². The summed E-state index contributed by atoms with van der Waals surface area (Å²) < 4.78 is 0. The fraction of sp³-hybridized carbons (Fsp3) is 0.364. The van der Waals surface area contributed by atoms with Gasteiger partial charge in [-0.3, -0.25) is 9.59 Å². The number of rotatable bonds is 5. The molecule has 0 unspecified atom stereocenters. The molecule has 1 saturated heterocycles. The van der Waals surface area contributed by atoms with Crippen LogP contribution < -0.4 is 10.2 Å². The highest BCUT2D eigenvalue weighted by Crippen LogP contribution is 2.20. The standard InChI is InChI=1S/C22H25N5O2/c1-16-5-3-4-12-27(16)22(29)18-7-9-19(10-8-18)25-21(28)15-26(2)20-11-6-17(13-23)14-24-20/h6-11,14,16H,3-5,12,15H2,1-2H3,(H,25,28)/t16-/m0/s1. The van der Waals surface area contributed by atoms with E-state index in [1.807, 2.05) is 11.0 Å². The predicted octanol–water partition coefficient (Wildman–Crippen LogP) is 3.04. The van der Waals surface area contributed by atoms with Gasteiger partial charge in [0, 0.05) is 37.1 Å². The van der Waals surface area contributed by atoms with Gasteiger partial charge in [0.2, 0.25) is 5.91 Å². The van der Waals surface area contributed by atoms with E-state index >= 15 is 0 Å². The van der Waals surface area contributed by atoms with Crippen LogP contribution in [0.4, 0.5) is 11.5 Å². The Morgan fingerprint density at radius 1 is 1.24 bits per heavy atom. The van der Waals surface area contributed by atoms with Gasteiger partial charge >= 0.3 is 0 Å². The maximum absolute atomic E-state index is 12.7. The lowest BCUT2D eigenvalue weighted by Crippen LogP contribution is -2.42. The number of likely N-dealkylation sites (tertiary alicyclic amines) is 1. The van der Waals surface area contributed by atoms with Crippen molar-refractivity contribution in [1.29, 1.82) is 5.26 Å². The van der Waals surface area contributed by atoms with Gasteiger partial charge in [0.25, 0.3) is 5.91 Å². The molecular weight excluding hydrogens is 366 g/mol. The van der Waals surface area contributed by atoms with Gasteiger partial charge in [-0.2, -0.15) is 5.26 Å². The number of carbonyl (C=O) groups excluding carboxylic acids is 2. The maximum atomic E-state index is 12.7. The van der Waals surface area contributed by atoms with Crippen LogP contribution in [0.5, 0.6) is 0 Å². The zero-order valence-electron chi connectivity index (χ0n) is 16.8. The van der Waals surface area contributed by atoms with Gasteiger partial charge < -0.3 is 15.1 Å². The lowest BCUT2D eigenvalue weighted by atomic mass is 10.0. The van der Waals surface area contributed by atoms with Crippen LogP contribution in [-0.4, -0.2) is 47.9 Å². The van der Waals surface area contributed by atoms with Crippen LogP contribution in [0, 0.1) is 11.3 Å². The molecule has 7 heteroatoms. The molecule has 1 fully saturated rings. The summed E-state index contributed by atoms with van der Waals surface area (Å²) in [6.07, 6.45) is 4.73. The van der Waals surface area contributed by atoms with Crippen molar-refractivity contribution in [3.63, 3.8) is 0 Å². The Kier molecular flexibility index (Phi) is 6.45. The van der Waals surface area contributed by atoms with Gasteiger partial charge in [0.05, 0.1) is 12.1 Å². The molecule has 1 N–H and O–H groups in total. The first-order chi connectivity index (χ1) is 14.0. The Bertz CT molecular complexity index is 902. The van der Waals surface area contributed by atoms with Crippen molar-refractivity contribution in [3.8, 4) is 6.07 Å². The molecule has 1 aromatic heterocycles. The minimum absolute atomic E-state index is 0.0432. The molecule has 1 aromatic carbocycles. The number of piperidine rings is 1. The van der Waals surface area contributed by atoms with E-state index in [0.717, 1.165) is 19.4 Å². The van der Waals surface area contributed by atoms with E-state index in [-0.39, 0.29) is 24.4 Å². The first-order valence-corrected chi connectivity index (χ1v) is 9.76. The molecule has 0 spiro atoms. The zero-order chi connectivity index (χ0) is 20.8. The van der Waals surface area contributed by atoms with Gasteiger partial charge in [-0.1, -0.05) is 0 Å². The largest absolute Gasteiger partial charge is 0.350 e. The number of carbonyl (C=O) groups is 2. The number of anilines is 2. The Hall–Kier alpha value is -3.40. The van der Waals surface area contributed by atoms with Crippen molar-refractivity contribution >= 4 is 23.3 Å². The van der Waals surface area contributed by atoms with E-state index in [2.05, 4.69) is 17.2 Å². The second kappa shape index (κ2) is 9.20. The minimum Gasteiger partial charge on any atom is -0.350 e. The molecule has 2 aromatic rings. The van der Waals surface area contributed by atoms with Crippen LogP contribution in [0.2, 0.25) is 0 Å². The van der Waals surface area contributed by atoms with E-state index in [4.69, 9.17) is 5.26 Å². The first kappa shape index (κ1) is 20.3. The summed E-state index contributed by atoms with van der Waals surface area (Å²) in [5.41, 5.74) is 1.75. The molecule has 3 rings (SSSR count). The van der Waals surface area contributed by atoms with Crippen LogP contribution in [0.15, 0.2) is 42.6 Å². The maximum Gasteiger partial charge on any atom is 0.254 e. The molecule has 7 nitrogen and oxygen atoms in total. The van der Waals surface area contributed by atoms with Crippen LogP contribution in [0.1, 0.15) is 42.1 Å². The number of aromatic nitrogens is 1. The lowest BCUT2D eigenvalue weighted by Gasteiger charge is -2.33. The molecule has 2 amide bonds. The Morgan fingerprint density at radius 3 is 2.62 bits per heavy atom. The third-order valence-corrected chi connectivity index (χ3v) is 5.13. The normalized spacial score (nSPS) is 16.0. The topological polar surface area (TPSA) is 89.3 Å². The minimum atomic E-state index is -0.192. The summed E-state index contributed by atoms with van der Waals surface area (Å²) in [4.78, 5) is 32.8. The number of nitrogens with one attached hydrogen (secondary N) is 1. The van der Waals surface area contributed by atoms with Crippen LogP contribution in [0.3, 0.4) is 0 Å². The Labute approximate surface area is 171 Å². The van der Waals surface area contributed by atoms with Crippen LogP contribution in [0.25, 0.3) is 0 Å². The molecule has 0 saturated carbocycles. The predicted molar refractivity (Wildman–Crippen MR) is 112 cm³/mol. The SMILES string of the molecule is C[C@H]1CCCCN1C(=O)c1ccc(NC(=O)CN(C)c2ccc(C#N)cn2)cc1. The quantitative estimate of drug-likeness (QED) is 0.846. The fourth-order valence-electron chi connectivity index (χ4n) is 3.44. The van der Waals surface area contributed by atoms with Crippen molar-refractivity contribution in [3.05, 3.63) is 53.7 Å². The van der Waals surface area contributed by atoms with E-state index in [1.54, 1.807) is 48.3 Å². The molecule has 0 bridgehead atoms. The summed E-state index contributed by atoms with van der Waals surface area (Å²) in [5, 5.41) is 11.7. The van der Waals surface area contributed by atoms with Gasteiger partial charge in [-0.15, -0.1) is 0 Å². The first-order valence-electron chi connectivity index (χ1n) is 9.76. The highest BCUT2D eigenvalue weighted by atomic mass is 16.2. The molecule has 0 radical (unpaired) electrons. The lowest BCUT2D eigenvalue weighted by molar-refractivity contribution is -0.114. The number of nitrogens with zero attached hydrogens (tertiary/aromatic N) is 4. The smallest absolute Gasteiger partial charge is 0.254 e. The molecular formula is C22H25N5O2. The molecule has 1 aliphatic heterocycles. The average Bonchev–Trinajstić information content (AvgIpc) is 2.74. The van der Waals surface area contributed by atoms with Crippen molar-refractivity contribution in [2.45, 2.75) is 32.2 Å². The molecule has 150 valence electrons. The fourth-order valence-corrected chi connectivity index (χ4v) is 3.44. The summed E-state index contributed by atoms with van der Waals surface area (Å²) in [6, 6.07) is 12.7. The molecule has 1 aliphatic rings. The van der Waals surface area contributed by atoms with Crippen molar-refractivity contribution < 1.29 is 9.59 Å². The summed E-state index contributed by atoms with van der Waals surface area (Å²) in [6.45, 7) is 3.00. The highest BCUT2D eigenvalue weighted by molar-refractivity contribution is 5.97. The number of amides is 2. The summed E-state index contributed by atoms with van der Waals surface area (Å²) in [5.74, 6) is 0.458. The van der Waals surface area contributed by atoms with E-state index in [9.17, 15) is 9.59 Å². The van der Waals surface area contributed by atoms with Gasteiger partial charge in [0.15, 0.2) is 0 Å². The monoisotopic (exact) mass is 391 g/mol. The van der Waals surface area contributed by atoms with E-state index in [0.29, 0.717) is 22.6 Å². The summed E-state index contributed by atoms with van der Waals surface area (Å²) in [7, 11) is 1.76. The number of hydrogen-bond acceptors (Lipinski definition) is 5. The van der Waals surface area contributed by atoms with Crippen molar-refractivity contribution in [2.75, 3.05) is 30.4 Å². The average molecular weight is 391 g/mol. The van der Waals surface area contributed by atoms with Crippen LogP contribution >= 0.6 is 0 Å². The van der Waals surface area contributed by atoms with Gasteiger partial charge in [0.1, 0.15) is 11.9 Å². The number of nitriles is 1. The van der Waals surface area contributed by atoms with E-state index < -0.39 is 0 Å². The van der Waals surface area contributed by atoms with Gasteiger partial charge in [-0.25, -0.2) is 4.98 Å². The Balaban J connectivity index is 1.56. The highest BCUT2D eigenvalue weighted by Gasteiger charge is 2.24. The Morgan fingerprint density at radius 2 is 2.00 bits per heavy atom. The third kappa shape index (κ3) is 5.11. The second-order valence-corrected chi connectivity index (χ2v) is 7.34. The van der Waals surface area contributed by atoms with Crippen molar-refractivity contribution in [2.24, 2.45) is 0 Å². The molecule has 1 atom stereocenters. The number of likely N-dealkylation sites (N-methyl/N-ethyl adjacent to an activating group) is 1. The molecule has 0 aliphatic carbocycles. The number of hydrogen-bond donors (Lipinski definition) is 1. The van der Waals surface area contributed by atoms with Crippen LogP contribution in [-0.2, 0) is 4.79 Å². The third-order valence-electron chi connectivity index (χ3n) is 5.13.